The first-order valence-electron chi connectivity index (χ1n) is 5.50. The Morgan fingerprint density at radius 2 is 2.38 bits per heavy atom. The Morgan fingerprint density at radius 1 is 1.56 bits per heavy atom. The van der Waals surface area contributed by atoms with Crippen LogP contribution in [0.1, 0.15) is 36.2 Å². The zero-order valence-electron chi connectivity index (χ0n) is 8.93. The Kier molecular flexibility index (Phi) is 3.84. The van der Waals surface area contributed by atoms with Gasteiger partial charge in [-0.25, -0.2) is 0 Å². The van der Waals surface area contributed by atoms with Gasteiger partial charge in [-0.05, 0) is 24.4 Å². The Hall–Kier alpha value is -1.01. The molecule has 0 aromatic carbocycles. The van der Waals surface area contributed by atoms with E-state index in [0.29, 0.717) is 5.69 Å². The maximum absolute atomic E-state index is 11.7. The fourth-order valence-corrected chi connectivity index (χ4v) is 2.56. The van der Waals surface area contributed by atoms with Crippen molar-refractivity contribution in [2.75, 3.05) is 6.61 Å². The van der Waals surface area contributed by atoms with Gasteiger partial charge in [0.2, 0.25) is 0 Å². The van der Waals surface area contributed by atoms with Gasteiger partial charge in [0, 0.05) is 23.9 Å². The van der Waals surface area contributed by atoms with E-state index in [9.17, 15) is 9.90 Å². The molecule has 0 radical (unpaired) electrons. The van der Waals surface area contributed by atoms with Crippen LogP contribution in [0.4, 0.5) is 0 Å². The normalized spacial score (nSPS) is 25.3. The Bertz CT molecular complexity index is 342. The van der Waals surface area contributed by atoms with Gasteiger partial charge in [-0.2, -0.15) is 0 Å². The lowest BCUT2D eigenvalue weighted by Crippen LogP contribution is -2.43. The molecule has 1 saturated carbocycles. The van der Waals surface area contributed by atoms with Gasteiger partial charge in [-0.15, -0.1) is 5.10 Å². The number of carbonyl (C=O) groups excluding carboxylic acids is 1. The number of rotatable bonds is 3. The molecule has 16 heavy (non-hydrogen) atoms. The minimum absolute atomic E-state index is 0.0768. The molecule has 88 valence electrons. The molecule has 0 spiro atoms. The van der Waals surface area contributed by atoms with Crippen LogP contribution in [0, 0.1) is 5.92 Å². The van der Waals surface area contributed by atoms with E-state index < -0.39 is 0 Å². The third-order valence-electron chi connectivity index (χ3n) is 3.05. The van der Waals surface area contributed by atoms with Crippen LogP contribution in [0.15, 0.2) is 5.38 Å². The second kappa shape index (κ2) is 5.36. The number of aliphatic hydroxyl groups excluding tert-OH is 1. The highest BCUT2D eigenvalue weighted by Crippen LogP contribution is 2.24. The summed E-state index contributed by atoms with van der Waals surface area (Å²) in [7, 11) is 0. The Balaban J connectivity index is 1.95. The van der Waals surface area contributed by atoms with Gasteiger partial charge in [0.1, 0.15) is 0 Å². The van der Waals surface area contributed by atoms with E-state index in [1.807, 2.05) is 0 Å². The minimum atomic E-state index is -0.181. The fourth-order valence-electron chi connectivity index (χ4n) is 2.12. The van der Waals surface area contributed by atoms with Crippen molar-refractivity contribution in [3.63, 3.8) is 0 Å². The van der Waals surface area contributed by atoms with Crippen molar-refractivity contribution in [3.8, 4) is 0 Å². The Labute approximate surface area is 98.0 Å². The van der Waals surface area contributed by atoms with Gasteiger partial charge in [0.25, 0.3) is 5.91 Å². The smallest absolute Gasteiger partial charge is 0.272 e. The summed E-state index contributed by atoms with van der Waals surface area (Å²) in [6.07, 6.45) is 4.16. The minimum Gasteiger partial charge on any atom is -0.396 e. The SMILES string of the molecule is O=C(NC1CCCCC1CO)c1csnn1. The highest BCUT2D eigenvalue weighted by atomic mass is 32.1. The quantitative estimate of drug-likeness (QED) is 0.821. The molecule has 1 aliphatic rings. The van der Waals surface area contributed by atoms with Crippen molar-refractivity contribution in [2.24, 2.45) is 5.92 Å². The van der Waals surface area contributed by atoms with E-state index in [2.05, 4.69) is 14.9 Å². The molecule has 2 N–H and O–H groups in total. The van der Waals surface area contributed by atoms with Crippen LogP contribution >= 0.6 is 11.5 Å². The number of aromatic nitrogens is 2. The topological polar surface area (TPSA) is 75.1 Å². The van der Waals surface area contributed by atoms with Crippen LogP contribution in [0.2, 0.25) is 0 Å². The van der Waals surface area contributed by atoms with Crippen LogP contribution in [-0.4, -0.2) is 33.2 Å². The highest BCUT2D eigenvalue weighted by molar-refractivity contribution is 7.03. The van der Waals surface area contributed by atoms with Crippen molar-refractivity contribution >= 4 is 17.4 Å². The lowest BCUT2D eigenvalue weighted by atomic mass is 9.85. The summed E-state index contributed by atoms with van der Waals surface area (Å²) >= 11 is 1.17. The molecule has 0 aliphatic heterocycles. The van der Waals surface area contributed by atoms with E-state index in [-0.39, 0.29) is 24.5 Å². The number of nitrogens with zero attached hydrogens (tertiary/aromatic N) is 2. The van der Waals surface area contributed by atoms with Gasteiger partial charge in [-0.1, -0.05) is 17.3 Å². The van der Waals surface area contributed by atoms with E-state index >= 15 is 0 Å². The summed E-state index contributed by atoms with van der Waals surface area (Å²) in [5, 5.41) is 17.5. The molecule has 2 unspecified atom stereocenters. The van der Waals surface area contributed by atoms with Gasteiger partial charge in [0.05, 0.1) is 0 Å². The zero-order chi connectivity index (χ0) is 11.4. The number of hydrogen-bond donors (Lipinski definition) is 2. The van der Waals surface area contributed by atoms with E-state index in [1.54, 1.807) is 5.38 Å². The summed E-state index contributed by atoms with van der Waals surface area (Å²) in [6, 6.07) is 0.0768. The van der Waals surface area contributed by atoms with E-state index in [4.69, 9.17) is 0 Å². The van der Waals surface area contributed by atoms with Crippen molar-refractivity contribution in [1.82, 2.24) is 14.9 Å². The third kappa shape index (κ3) is 2.56. The number of hydrogen-bond acceptors (Lipinski definition) is 5. The first-order valence-corrected chi connectivity index (χ1v) is 6.33. The molecule has 0 saturated heterocycles. The van der Waals surface area contributed by atoms with E-state index in [1.165, 1.54) is 11.5 Å². The molecule has 6 heteroatoms. The number of amides is 1. The van der Waals surface area contributed by atoms with Gasteiger partial charge in [0.15, 0.2) is 5.69 Å². The third-order valence-corrected chi connectivity index (χ3v) is 3.56. The first kappa shape index (κ1) is 11.5. The van der Waals surface area contributed by atoms with Crippen LogP contribution in [0.5, 0.6) is 0 Å². The summed E-state index contributed by atoms with van der Waals surface area (Å²) < 4.78 is 3.66. The lowest BCUT2D eigenvalue weighted by Gasteiger charge is -2.30. The maximum Gasteiger partial charge on any atom is 0.272 e. The average Bonchev–Trinajstić information content (AvgIpc) is 2.83. The molecule has 1 fully saturated rings. The molecule has 1 aliphatic carbocycles. The number of aliphatic hydroxyl groups is 1. The predicted octanol–water partition coefficient (Wildman–Crippen LogP) is 0.819. The molecule has 2 atom stereocenters. The molecular formula is C10H15N3O2S. The molecule has 1 aromatic heterocycles. The van der Waals surface area contributed by atoms with Crippen molar-refractivity contribution < 1.29 is 9.90 Å². The molecule has 1 aromatic rings. The van der Waals surface area contributed by atoms with Crippen LogP contribution in [0.25, 0.3) is 0 Å². The predicted molar refractivity (Wildman–Crippen MR) is 60.2 cm³/mol. The number of carbonyl (C=O) groups is 1. The van der Waals surface area contributed by atoms with Gasteiger partial charge in [-0.3, -0.25) is 4.79 Å². The molecule has 1 heterocycles. The summed E-state index contributed by atoms with van der Waals surface area (Å²) in [5.41, 5.74) is 0.368. The largest absolute Gasteiger partial charge is 0.396 e. The summed E-state index contributed by atoms with van der Waals surface area (Å²) in [5.74, 6) is 0.00314. The maximum atomic E-state index is 11.7. The van der Waals surface area contributed by atoms with Crippen LogP contribution in [0.3, 0.4) is 0 Å². The average molecular weight is 241 g/mol. The van der Waals surface area contributed by atoms with Crippen LogP contribution < -0.4 is 5.32 Å². The Morgan fingerprint density at radius 3 is 3.06 bits per heavy atom. The van der Waals surface area contributed by atoms with Crippen molar-refractivity contribution in [3.05, 3.63) is 11.1 Å². The van der Waals surface area contributed by atoms with E-state index in [0.717, 1.165) is 25.7 Å². The van der Waals surface area contributed by atoms with Gasteiger partial charge >= 0.3 is 0 Å². The van der Waals surface area contributed by atoms with Crippen molar-refractivity contribution in [2.45, 2.75) is 31.7 Å². The molecule has 1 amide bonds. The lowest BCUT2D eigenvalue weighted by molar-refractivity contribution is 0.0867. The highest BCUT2D eigenvalue weighted by Gasteiger charge is 2.26. The standard InChI is InChI=1S/C10H15N3O2S/c14-5-7-3-1-2-4-8(7)11-10(15)9-6-16-13-12-9/h6-8,14H,1-5H2,(H,11,15). The van der Waals surface area contributed by atoms with Gasteiger partial charge < -0.3 is 10.4 Å². The second-order valence-electron chi connectivity index (χ2n) is 4.10. The van der Waals surface area contributed by atoms with Crippen LogP contribution in [-0.2, 0) is 0 Å². The summed E-state index contributed by atoms with van der Waals surface area (Å²) in [4.78, 5) is 11.7. The molecule has 0 bridgehead atoms. The molecule has 5 nitrogen and oxygen atoms in total. The monoisotopic (exact) mass is 241 g/mol. The zero-order valence-corrected chi connectivity index (χ0v) is 9.74. The first-order chi connectivity index (χ1) is 7.81. The number of nitrogens with one attached hydrogen (secondary N) is 1. The summed E-state index contributed by atoms with van der Waals surface area (Å²) in [6.45, 7) is 0.139. The molecular weight excluding hydrogens is 226 g/mol. The van der Waals surface area contributed by atoms with Crippen molar-refractivity contribution in [1.29, 1.82) is 0 Å². The molecule has 2 rings (SSSR count). The fraction of sp³-hybridized carbons (Fsp3) is 0.700. The second-order valence-corrected chi connectivity index (χ2v) is 4.71.